The highest BCUT2D eigenvalue weighted by Gasteiger charge is 2.21. The van der Waals surface area contributed by atoms with Gasteiger partial charge in [-0.2, -0.15) is 0 Å². The molecule has 0 radical (unpaired) electrons. The molecule has 0 saturated carbocycles. The molecule has 0 bridgehead atoms. The van der Waals surface area contributed by atoms with Gasteiger partial charge in [-0.25, -0.2) is 0 Å². The van der Waals surface area contributed by atoms with Crippen molar-refractivity contribution in [2.75, 3.05) is 26.2 Å². The van der Waals surface area contributed by atoms with E-state index in [0.29, 0.717) is 12.6 Å². The molecule has 1 heterocycles. The van der Waals surface area contributed by atoms with E-state index in [4.69, 9.17) is 10.1 Å². The Bertz CT molecular complexity index is 926. The Morgan fingerprint density at radius 1 is 1.00 bits per heavy atom. The second kappa shape index (κ2) is 9.00. The average molecular weight is 374 g/mol. The fourth-order valence-electron chi connectivity index (χ4n) is 3.95. The molecule has 1 unspecified atom stereocenters. The number of benzene rings is 3. The van der Waals surface area contributed by atoms with Crippen molar-refractivity contribution in [2.45, 2.75) is 19.0 Å². The molecule has 4 nitrogen and oxygen atoms in total. The number of nitrogens with one attached hydrogen (secondary N) is 2. The summed E-state index contributed by atoms with van der Waals surface area (Å²) in [4.78, 5) is 2.51. The molecule has 4 heteroatoms. The van der Waals surface area contributed by atoms with Crippen LogP contribution in [0.15, 0.2) is 66.7 Å². The van der Waals surface area contributed by atoms with Gasteiger partial charge in [0.1, 0.15) is 12.4 Å². The standard InChI is InChI=1S/C24H27N3O/c25-16-20-10-11-24(23-9-5-4-8-22(20)23)28-15-13-26-21-12-14-27(18-21)17-19-6-2-1-3-7-19/h1-11,16,21,25-26H,12-15,17-18H2. The van der Waals surface area contributed by atoms with Crippen molar-refractivity contribution in [1.82, 2.24) is 10.2 Å². The smallest absolute Gasteiger partial charge is 0.127 e. The number of hydrogen-bond donors (Lipinski definition) is 2. The minimum absolute atomic E-state index is 0.532. The zero-order chi connectivity index (χ0) is 19.2. The van der Waals surface area contributed by atoms with Gasteiger partial charge < -0.3 is 15.5 Å². The van der Waals surface area contributed by atoms with E-state index in [0.717, 1.165) is 48.3 Å². The Kier molecular flexibility index (Phi) is 6.00. The number of ether oxygens (including phenoxy) is 1. The summed E-state index contributed by atoms with van der Waals surface area (Å²) in [7, 11) is 0. The Hall–Kier alpha value is -2.69. The number of fused-ring (bicyclic) bond motifs is 1. The number of nitrogens with zero attached hydrogens (tertiary/aromatic N) is 1. The predicted molar refractivity (Wildman–Crippen MR) is 115 cm³/mol. The molecule has 144 valence electrons. The van der Waals surface area contributed by atoms with Crippen LogP contribution in [-0.2, 0) is 6.54 Å². The van der Waals surface area contributed by atoms with Gasteiger partial charge in [0.05, 0.1) is 0 Å². The van der Waals surface area contributed by atoms with Gasteiger partial charge in [0, 0.05) is 49.4 Å². The highest BCUT2D eigenvalue weighted by atomic mass is 16.5. The summed E-state index contributed by atoms with van der Waals surface area (Å²) in [5, 5.41) is 13.3. The fraction of sp³-hybridized carbons (Fsp3) is 0.292. The summed E-state index contributed by atoms with van der Waals surface area (Å²) in [6.07, 6.45) is 2.58. The molecule has 2 N–H and O–H groups in total. The van der Waals surface area contributed by atoms with E-state index in [1.54, 1.807) is 0 Å². The summed E-state index contributed by atoms with van der Waals surface area (Å²) in [6.45, 7) is 4.74. The summed E-state index contributed by atoms with van der Waals surface area (Å²) in [6, 6.07) is 23.3. The Morgan fingerprint density at radius 3 is 2.61 bits per heavy atom. The molecular formula is C24H27N3O. The molecule has 0 amide bonds. The van der Waals surface area contributed by atoms with Gasteiger partial charge in [-0.3, -0.25) is 4.90 Å². The lowest BCUT2D eigenvalue weighted by molar-refractivity contribution is 0.296. The molecule has 1 aliphatic heterocycles. The van der Waals surface area contributed by atoms with Gasteiger partial charge in [0.2, 0.25) is 0 Å². The van der Waals surface area contributed by atoms with E-state index in [1.807, 2.05) is 30.3 Å². The molecule has 4 rings (SSSR count). The first-order chi connectivity index (χ1) is 13.8. The lowest BCUT2D eigenvalue weighted by atomic mass is 10.0. The van der Waals surface area contributed by atoms with Gasteiger partial charge in [-0.1, -0.05) is 54.6 Å². The van der Waals surface area contributed by atoms with Crippen molar-refractivity contribution in [3.63, 3.8) is 0 Å². The van der Waals surface area contributed by atoms with Crippen molar-refractivity contribution in [3.05, 3.63) is 77.9 Å². The van der Waals surface area contributed by atoms with Crippen molar-refractivity contribution in [1.29, 1.82) is 5.41 Å². The highest BCUT2D eigenvalue weighted by molar-refractivity contribution is 6.01. The third-order valence-corrected chi connectivity index (χ3v) is 5.39. The second-order valence-corrected chi connectivity index (χ2v) is 7.35. The molecule has 0 aliphatic carbocycles. The molecule has 0 spiro atoms. The molecule has 1 aliphatic rings. The van der Waals surface area contributed by atoms with E-state index < -0.39 is 0 Å². The maximum absolute atomic E-state index is 7.57. The van der Waals surface area contributed by atoms with E-state index >= 15 is 0 Å². The van der Waals surface area contributed by atoms with Crippen LogP contribution in [-0.4, -0.2) is 43.4 Å². The first kappa shape index (κ1) is 18.7. The number of rotatable bonds is 8. The van der Waals surface area contributed by atoms with Crippen molar-refractivity contribution in [3.8, 4) is 5.75 Å². The van der Waals surface area contributed by atoms with Gasteiger partial charge in [0.25, 0.3) is 0 Å². The monoisotopic (exact) mass is 373 g/mol. The van der Waals surface area contributed by atoms with Crippen LogP contribution in [0.25, 0.3) is 10.8 Å². The van der Waals surface area contributed by atoms with Crippen LogP contribution in [0.3, 0.4) is 0 Å². The van der Waals surface area contributed by atoms with Crippen molar-refractivity contribution in [2.24, 2.45) is 0 Å². The zero-order valence-electron chi connectivity index (χ0n) is 16.1. The van der Waals surface area contributed by atoms with Gasteiger partial charge in [-0.15, -0.1) is 0 Å². The van der Waals surface area contributed by atoms with Gasteiger partial charge in [-0.05, 0) is 29.5 Å². The molecule has 3 aromatic rings. The van der Waals surface area contributed by atoms with Gasteiger partial charge in [0.15, 0.2) is 0 Å². The van der Waals surface area contributed by atoms with Crippen LogP contribution in [0, 0.1) is 5.41 Å². The Balaban J connectivity index is 1.25. The van der Waals surface area contributed by atoms with Crippen molar-refractivity contribution >= 4 is 17.0 Å². The molecular weight excluding hydrogens is 346 g/mol. The number of hydrogen-bond acceptors (Lipinski definition) is 4. The fourth-order valence-corrected chi connectivity index (χ4v) is 3.95. The summed E-state index contributed by atoms with van der Waals surface area (Å²) in [5.41, 5.74) is 2.30. The Labute approximate surface area is 166 Å². The van der Waals surface area contributed by atoms with Crippen LogP contribution in [0.4, 0.5) is 0 Å². The lowest BCUT2D eigenvalue weighted by Crippen LogP contribution is -2.35. The topological polar surface area (TPSA) is 48.4 Å². The minimum Gasteiger partial charge on any atom is -0.492 e. The SMILES string of the molecule is N=Cc1ccc(OCCNC2CCN(Cc3ccccc3)C2)c2ccccc12. The van der Waals surface area contributed by atoms with E-state index in [-0.39, 0.29) is 0 Å². The molecule has 1 atom stereocenters. The molecule has 0 aromatic heterocycles. The molecule has 1 saturated heterocycles. The number of likely N-dealkylation sites (tertiary alicyclic amines) is 1. The van der Waals surface area contributed by atoms with Gasteiger partial charge >= 0.3 is 0 Å². The normalized spacial score (nSPS) is 17.1. The summed E-state index contributed by atoms with van der Waals surface area (Å²) in [5.74, 6) is 0.889. The summed E-state index contributed by atoms with van der Waals surface area (Å²) >= 11 is 0. The third kappa shape index (κ3) is 4.41. The van der Waals surface area contributed by atoms with Crippen LogP contribution in [0.2, 0.25) is 0 Å². The largest absolute Gasteiger partial charge is 0.492 e. The average Bonchev–Trinajstić information content (AvgIpc) is 3.19. The highest BCUT2D eigenvalue weighted by Crippen LogP contribution is 2.27. The first-order valence-electron chi connectivity index (χ1n) is 9.98. The Morgan fingerprint density at radius 2 is 1.79 bits per heavy atom. The lowest BCUT2D eigenvalue weighted by Gasteiger charge is -2.17. The zero-order valence-corrected chi connectivity index (χ0v) is 16.1. The molecule has 28 heavy (non-hydrogen) atoms. The molecule has 3 aromatic carbocycles. The quantitative estimate of drug-likeness (QED) is 0.462. The maximum atomic E-state index is 7.57. The maximum Gasteiger partial charge on any atom is 0.127 e. The second-order valence-electron chi connectivity index (χ2n) is 7.35. The summed E-state index contributed by atoms with van der Waals surface area (Å²) < 4.78 is 6.05. The van der Waals surface area contributed by atoms with Crippen LogP contribution in [0.5, 0.6) is 5.75 Å². The van der Waals surface area contributed by atoms with E-state index in [9.17, 15) is 0 Å². The minimum atomic E-state index is 0.532. The van der Waals surface area contributed by atoms with E-state index in [2.05, 4.69) is 46.6 Å². The molecule has 1 fully saturated rings. The van der Waals surface area contributed by atoms with E-state index in [1.165, 1.54) is 18.2 Å². The first-order valence-corrected chi connectivity index (χ1v) is 9.98. The van der Waals surface area contributed by atoms with Crippen molar-refractivity contribution < 1.29 is 4.74 Å². The van der Waals surface area contributed by atoms with Crippen LogP contribution in [0.1, 0.15) is 17.5 Å². The van der Waals surface area contributed by atoms with Crippen LogP contribution < -0.4 is 10.1 Å². The predicted octanol–water partition coefficient (Wildman–Crippen LogP) is 4.08. The third-order valence-electron chi connectivity index (χ3n) is 5.39. The van der Waals surface area contributed by atoms with Crippen LogP contribution >= 0.6 is 0 Å².